The fourth-order valence-electron chi connectivity index (χ4n) is 1.70. The number of carbonyl (C=O) groups is 1. The molecule has 0 saturated heterocycles. The molecule has 0 amide bonds. The lowest BCUT2D eigenvalue weighted by molar-refractivity contribution is -0.139. The van der Waals surface area contributed by atoms with Crippen molar-refractivity contribution in [1.29, 1.82) is 0 Å². The molecular formula is C15H19NO3. The number of likely N-dealkylation sites (N-methyl/N-ethyl adjacent to an activating group) is 1. The number of benzene rings is 1. The zero-order valence-corrected chi connectivity index (χ0v) is 11.3. The highest BCUT2D eigenvalue weighted by Crippen LogP contribution is 2.15. The minimum Gasteiger partial charge on any atom is -0.482 e. The van der Waals surface area contributed by atoms with Crippen molar-refractivity contribution in [2.45, 2.75) is 19.4 Å². The van der Waals surface area contributed by atoms with E-state index in [0.29, 0.717) is 18.3 Å². The van der Waals surface area contributed by atoms with Crippen LogP contribution in [0.2, 0.25) is 0 Å². The Bertz CT molecular complexity index is 465. The molecule has 4 nitrogen and oxygen atoms in total. The van der Waals surface area contributed by atoms with Crippen molar-refractivity contribution in [2.75, 3.05) is 20.2 Å². The predicted octanol–water partition coefficient (Wildman–Crippen LogP) is 1.65. The minimum atomic E-state index is -0.979. The smallest absolute Gasteiger partial charge is 0.341 e. The highest BCUT2D eigenvalue weighted by atomic mass is 16.5. The van der Waals surface area contributed by atoms with Gasteiger partial charge < -0.3 is 9.84 Å². The first-order valence-electron chi connectivity index (χ1n) is 6.10. The van der Waals surface area contributed by atoms with Gasteiger partial charge in [-0.1, -0.05) is 18.1 Å². The van der Waals surface area contributed by atoms with E-state index in [4.69, 9.17) is 16.3 Å². The molecule has 1 aromatic rings. The molecule has 0 radical (unpaired) electrons. The second-order valence-corrected chi connectivity index (χ2v) is 4.50. The van der Waals surface area contributed by atoms with Gasteiger partial charge in [-0.2, -0.15) is 0 Å². The molecule has 0 aliphatic heterocycles. The summed E-state index contributed by atoms with van der Waals surface area (Å²) in [7, 11) is 1.98. The Morgan fingerprint density at radius 1 is 1.58 bits per heavy atom. The molecule has 1 aromatic carbocycles. The third-order valence-electron chi connectivity index (χ3n) is 2.89. The number of aliphatic carboxylic acids is 1. The molecular weight excluding hydrogens is 242 g/mol. The Morgan fingerprint density at radius 3 is 2.95 bits per heavy atom. The Hall–Kier alpha value is -1.99. The lowest BCUT2D eigenvalue weighted by Crippen LogP contribution is -2.31. The number of hydrogen-bond acceptors (Lipinski definition) is 3. The van der Waals surface area contributed by atoms with Crippen molar-refractivity contribution in [3.8, 4) is 18.1 Å². The summed E-state index contributed by atoms with van der Waals surface area (Å²) < 4.78 is 5.15. The highest BCUT2D eigenvalue weighted by Gasteiger charge is 2.09. The van der Waals surface area contributed by atoms with Crippen LogP contribution in [0.15, 0.2) is 24.3 Å². The van der Waals surface area contributed by atoms with Gasteiger partial charge in [0.2, 0.25) is 0 Å². The van der Waals surface area contributed by atoms with Gasteiger partial charge in [-0.25, -0.2) is 4.79 Å². The van der Waals surface area contributed by atoms with Gasteiger partial charge in [0.15, 0.2) is 6.61 Å². The van der Waals surface area contributed by atoms with Crippen LogP contribution in [0.1, 0.15) is 12.5 Å². The van der Waals surface area contributed by atoms with Crippen molar-refractivity contribution < 1.29 is 14.6 Å². The van der Waals surface area contributed by atoms with E-state index < -0.39 is 5.97 Å². The number of terminal acetylenes is 1. The van der Waals surface area contributed by atoms with Gasteiger partial charge in [-0.3, -0.25) is 4.90 Å². The maximum absolute atomic E-state index is 10.4. The molecule has 102 valence electrons. The van der Waals surface area contributed by atoms with Crippen molar-refractivity contribution in [3.05, 3.63) is 29.8 Å². The number of rotatable bonds is 7. The first-order valence-corrected chi connectivity index (χ1v) is 6.10. The largest absolute Gasteiger partial charge is 0.482 e. The fourth-order valence-corrected chi connectivity index (χ4v) is 1.70. The quantitative estimate of drug-likeness (QED) is 0.758. The summed E-state index contributed by atoms with van der Waals surface area (Å²) in [6, 6.07) is 7.78. The molecule has 0 spiro atoms. The molecule has 19 heavy (non-hydrogen) atoms. The van der Waals surface area contributed by atoms with Crippen LogP contribution < -0.4 is 4.74 Å². The highest BCUT2D eigenvalue weighted by molar-refractivity contribution is 5.68. The fraction of sp³-hybridized carbons (Fsp3) is 0.400. The third kappa shape index (κ3) is 5.45. The zero-order valence-electron chi connectivity index (χ0n) is 11.3. The molecule has 0 fully saturated rings. The van der Waals surface area contributed by atoms with Gasteiger partial charge in [0.25, 0.3) is 0 Å². The van der Waals surface area contributed by atoms with Gasteiger partial charge in [0.05, 0.1) is 6.54 Å². The average molecular weight is 261 g/mol. The van der Waals surface area contributed by atoms with Crippen LogP contribution in [-0.4, -0.2) is 42.2 Å². The Balaban J connectivity index is 2.61. The van der Waals surface area contributed by atoms with E-state index in [1.807, 2.05) is 25.2 Å². The standard InChI is InChI=1S/C15H19NO3/c1-4-8-16(3)12(2)9-13-6-5-7-14(10-13)19-11-15(17)18/h1,5-7,10,12H,8-9,11H2,2-3H3,(H,17,18)/t12-/m1/s1. The lowest BCUT2D eigenvalue weighted by Gasteiger charge is -2.22. The van der Waals surface area contributed by atoms with E-state index in [2.05, 4.69) is 17.7 Å². The van der Waals surface area contributed by atoms with Gasteiger partial charge in [0.1, 0.15) is 5.75 Å². The molecule has 1 atom stereocenters. The molecule has 1 rings (SSSR count). The van der Waals surface area contributed by atoms with Crippen molar-refractivity contribution in [1.82, 2.24) is 4.90 Å². The predicted molar refractivity (Wildman–Crippen MR) is 74.2 cm³/mol. The van der Waals surface area contributed by atoms with Gasteiger partial charge >= 0.3 is 5.97 Å². The van der Waals surface area contributed by atoms with E-state index >= 15 is 0 Å². The van der Waals surface area contributed by atoms with Crippen LogP contribution in [0.25, 0.3) is 0 Å². The molecule has 0 heterocycles. The summed E-state index contributed by atoms with van der Waals surface area (Å²) >= 11 is 0. The monoisotopic (exact) mass is 261 g/mol. The first-order chi connectivity index (χ1) is 9.02. The van der Waals surface area contributed by atoms with Crippen LogP contribution in [0.5, 0.6) is 5.75 Å². The van der Waals surface area contributed by atoms with Gasteiger partial charge in [0, 0.05) is 6.04 Å². The summed E-state index contributed by atoms with van der Waals surface area (Å²) in [5.74, 6) is 2.21. The van der Waals surface area contributed by atoms with Crippen LogP contribution in [0.3, 0.4) is 0 Å². The number of carboxylic acid groups (broad SMARTS) is 1. The molecule has 0 bridgehead atoms. The molecule has 0 saturated carbocycles. The molecule has 0 unspecified atom stereocenters. The zero-order chi connectivity index (χ0) is 14.3. The van der Waals surface area contributed by atoms with E-state index in [1.54, 1.807) is 6.07 Å². The summed E-state index contributed by atoms with van der Waals surface area (Å²) in [6.07, 6.45) is 6.12. The van der Waals surface area contributed by atoms with E-state index in [0.717, 1.165) is 12.0 Å². The minimum absolute atomic E-state index is 0.311. The number of carboxylic acids is 1. The SMILES string of the molecule is C#CCN(C)[C@H](C)Cc1cccc(OCC(=O)O)c1. The first kappa shape index (κ1) is 15.1. The lowest BCUT2D eigenvalue weighted by atomic mass is 10.1. The molecule has 0 aromatic heterocycles. The number of nitrogens with zero attached hydrogens (tertiary/aromatic N) is 1. The Morgan fingerprint density at radius 2 is 2.32 bits per heavy atom. The Labute approximate surface area is 114 Å². The van der Waals surface area contributed by atoms with Gasteiger partial charge in [-0.15, -0.1) is 6.42 Å². The van der Waals surface area contributed by atoms with Gasteiger partial charge in [-0.05, 0) is 38.1 Å². The second-order valence-electron chi connectivity index (χ2n) is 4.50. The summed E-state index contributed by atoms with van der Waals surface area (Å²) in [5, 5.41) is 8.57. The van der Waals surface area contributed by atoms with Crippen molar-refractivity contribution in [2.24, 2.45) is 0 Å². The van der Waals surface area contributed by atoms with E-state index in [9.17, 15) is 4.79 Å². The summed E-state index contributed by atoms with van der Waals surface area (Å²) in [4.78, 5) is 12.5. The average Bonchev–Trinajstić information content (AvgIpc) is 2.37. The third-order valence-corrected chi connectivity index (χ3v) is 2.89. The Kier molecular flexibility index (Phi) is 5.91. The number of hydrogen-bond donors (Lipinski definition) is 1. The maximum atomic E-state index is 10.4. The van der Waals surface area contributed by atoms with Crippen LogP contribution in [0.4, 0.5) is 0 Å². The van der Waals surface area contributed by atoms with E-state index in [-0.39, 0.29) is 6.61 Å². The second kappa shape index (κ2) is 7.45. The van der Waals surface area contributed by atoms with E-state index in [1.165, 1.54) is 0 Å². The van der Waals surface area contributed by atoms with Crippen LogP contribution in [-0.2, 0) is 11.2 Å². The van der Waals surface area contributed by atoms with Crippen LogP contribution >= 0.6 is 0 Å². The molecule has 4 heteroatoms. The molecule has 1 N–H and O–H groups in total. The maximum Gasteiger partial charge on any atom is 0.341 e. The topological polar surface area (TPSA) is 49.8 Å². The normalized spacial score (nSPS) is 11.9. The summed E-state index contributed by atoms with van der Waals surface area (Å²) in [6.45, 7) is 2.38. The number of ether oxygens (including phenoxy) is 1. The summed E-state index contributed by atoms with van der Waals surface area (Å²) in [5.41, 5.74) is 1.10. The molecule has 0 aliphatic carbocycles. The molecule has 0 aliphatic rings. The van der Waals surface area contributed by atoms with Crippen LogP contribution in [0, 0.1) is 12.3 Å². The van der Waals surface area contributed by atoms with Crippen molar-refractivity contribution >= 4 is 5.97 Å². The van der Waals surface area contributed by atoms with Crippen molar-refractivity contribution in [3.63, 3.8) is 0 Å².